The molecule has 4 rings (SSSR count). The Morgan fingerprint density at radius 3 is 3.00 bits per heavy atom. The first-order chi connectivity index (χ1) is 12.2. The van der Waals surface area contributed by atoms with Gasteiger partial charge in [0, 0.05) is 25.3 Å². The number of carbonyl (C=O) groups is 1. The van der Waals surface area contributed by atoms with Gasteiger partial charge < -0.3 is 14.5 Å². The molecule has 1 fully saturated rings. The summed E-state index contributed by atoms with van der Waals surface area (Å²) in [6.07, 6.45) is 1.22. The Bertz CT molecular complexity index is 720. The zero-order valence-corrected chi connectivity index (χ0v) is 14.7. The van der Waals surface area contributed by atoms with E-state index in [1.54, 1.807) is 23.9 Å². The van der Waals surface area contributed by atoms with Crippen LogP contribution in [0.4, 0.5) is 4.39 Å². The highest BCUT2D eigenvalue weighted by Crippen LogP contribution is 2.31. The monoisotopic (exact) mass is 361 g/mol. The van der Waals surface area contributed by atoms with Crippen LogP contribution in [0.3, 0.4) is 0 Å². The fraction of sp³-hybridized carbons (Fsp3) is 0.444. The first kappa shape index (κ1) is 16.6. The summed E-state index contributed by atoms with van der Waals surface area (Å²) in [5, 5.41) is 3.06. The van der Waals surface area contributed by atoms with E-state index in [1.165, 1.54) is 12.1 Å². The number of halogens is 1. The highest BCUT2D eigenvalue weighted by Gasteiger charge is 2.30. The maximum absolute atomic E-state index is 13.1. The molecule has 0 radical (unpaired) electrons. The van der Waals surface area contributed by atoms with Crippen LogP contribution in [-0.4, -0.2) is 53.7 Å². The van der Waals surface area contributed by atoms with E-state index in [-0.39, 0.29) is 17.8 Å². The third kappa shape index (κ3) is 3.57. The molecule has 3 aliphatic heterocycles. The molecule has 0 saturated carbocycles. The van der Waals surface area contributed by atoms with Crippen molar-refractivity contribution in [3.63, 3.8) is 0 Å². The van der Waals surface area contributed by atoms with E-state index in [1.807, 2.05) is 10.3 Å². The van der Waals surface area contributed by atoms with E-state index < -0.39 is 0 Å². The van der Waals surface area contributed by atoms with Crippen LogP contribution in [0.25, 0.3) is 0 Å². The fourth-order valence-electron chi connectivity index (χ4n) is 3.29. The van der Waals surface area contributed by atoms with E-state index in [2.05, 4.69) is 9.89 Å². The number of amides is 1. The summed E-state index contributed by atoms with van der Waals surface area (Å²) >= 11 is 1.60. The summed E-state index contributed by atoms with van der Waals surface area (Å²) in [7, 11) is 0. The normalized spacial score (nSPS) is 23.2. The number of ether oxygens (including phenoxy) is 1. The number of thioether (sulfide) groups is 1. The number of aliphatic imine (C=N–C) groups is 1. The maximum atomic E-state index is 13.1. The number of carbonyl (C=O) groups excluding carboxylic acids is 1. The van der Waals surface area contributed by atoms with Gasteiger partial charge in [0.05, 0.1) is 19.6 Å². The lowest BCUT2D eigenvalue weighted by molar-refractivity contribution is -0.138. The molecule has 0 aromatic heterocycles. The Morgan fingerprint density at radius 2 is 2.16 bits per heavy atom. The first-order valence-corrected chi connectivity index (χ1v) is 9.41. The van der Waals surface area contributed by atoms with E-state index >= 15 is 0 Å². The zero-order chi connectivity index (χ0) is 17.2. The quantitative estimate of drug-likeness (QED) is 0.831. The highest BCUT2D eigenvalue weighted by molar-refractivity contribution is 8.16. The van der Waals surface area contributed by atoms with Gasteiger partial charge in [-0.05, 0) is 29.5 Å². The standard InChI is InChI=1S/C18H20FN3O2S/c19-14-4-2-13(3-5-14)16-11-21(8-9-24-16)17(23)10-15-12-25-18-20-6-1-7-22(15)18/h2-5,12,16H,1,6-11H2/t16-/m0/s1. The van der Waals surface area contributed by atoms with Crippen LogP contribution in [0.15, 0.2) is 40.4 Å². The Balaban J connectivity index is 1.39. The minimum atomic E-state index is -0.267. The van der Waals surface area contributed by atoms with Gasteiger partial charge in [0.15, 0.2) is 5.17 Å². The number of rotatable bonds is 3. The smallest absolute Gasteiger partial charge is 0.228 e. The summed E-state index contributed by atoms with van der Waals surface area (Å²) in [5.41, 5.74) is 1.94. The predicted octanol–water partition coefficient (Wildman–Crippen LogP) is 2.77. The molecule has 1 atom stereocenters. The first-order valence-electron chi connectivity index (χ1n) is 8.53. The van der Waals surface area contributed by atoms with Crippen LogP contribution in [0.5, 0.6) is 0 Å². The van der Waals surface area contributed by atoms with E-state index in [9.17, 15) is 9.18 Å². The zero-order valence-electron chi connectivity index (χ0n) is 13.9. The second kappa shape index (κ2) is 7.17. The molecule has 1 amide bonds. The molecule has 1 aromatic carbocycles. The Hall–Kier alpha value is -1.86. The van der Waals surface area contributed by atoms with Crippen LogP contribution >= 0.6 is 11.8 Å². The molecule has 0 N–H and O–H groups in total. The van der Waals surface area contributed by atoms with E-state index in [0.29, 0.717) is 26.1 Å². The number of hydrogen-bond acceptors (Lipinski definition) is 5. The number of nitrogens with zero attached hydrogens (tertiary/aromatic N) is 3. The van der Waals surface area contributed by atoms with Crippen molar-refractivity contribution in [3.05, 3.63) is 46.8 Å². The summed E-state index contributed by atoms with van der Waals surface area (Å²) in [4.78, 5) is 21.3. The molecule has 132 valence electrons. The molecule has 25 heavy (non-hydrogen) atoms. The third-order valence-corrected chi connectivity index (χ3v) is 5.61. The van der Waals surface area contributed by atoms with Crippen molar-refractivity contribution < 1.29 is 13.9 Å². The summed E-state index contributed by atoms with van der Waals surface area (Å²) < 4.78 is 18.9. The lowest BCUT2D eigenvalue weighted by atomic mass is 10.1. The molecule has 0 bridgehead atoms. The molecule has 3 aliphatic rings. The average Bonchev–Trinajstić information content (AvgIpc) is 3.05. The molecular weight excluding hydrogens is 341 g/mol. The van der Waals surface area contributed by atoms with Crippen LogP contribution in [0, 0.1) is 5.82 Å². The average molecular weight is 361 g/mol. The number of hydrogen-bond donors (Lipinski definition) is 0. The highest BCUT2D eigenvalue weighted by atomic mass is 32.2. The molecule has 0 unspecified atom stereocenters. The van der Waals surface area contributed by atoms with Crippen molar-refractivity contribution in [1.82, 2.24) is 9.80 Å². The number of morpholine rings is 1. The maximum Gasteiger partial charge on any atom is 0.228 e. The summed E-state index contributed by atoms with van der Waals surface area (Å²) in [5.74, 6) is -0.161. The number of fused-ring (bicyclic) bond motifs is 1. The van der Waals surface area contributed by atoms with Crippen LogP contribution in [0.2, 0.25) is 0 Å². The second-order valence-electron chi connectivity index (χ2n) is 6.32. The predicted molar refractivity (Wildman–Crippen MR) is 95.6 cm³/mol. The van der Waals surface area contributed by atoms with E-state index in [4.69, 9.17) is 4.74 Å². The van der Waals surface area contributed by atoms with Gasteiger partial charge in [0.25, 0.3) is 0 Å². The lowest BCUT2D eigenvalue weighted by Crippen LogP contribution is -2.43. The van der Waals surface area contributed by atoms with Gasteiger partial charge in [-0.1, -0.05) is 23.9 Å². The van der Waals surface area contributed by atoms with Crippen LogP contribution < -0.4 is 0 Å². The lowest BCUT2D eigenvalue weighted by Gasteiger charge is -2.34. The molecule has 0 aliphatic carbocycles. The van der Waals surface area contributed by atoms with Crippen molar-refractivity contribution in [1.29, 1.82) is 0 Å². The molecular formula is C18H20FN3O2S. The van der Waals surface area contributed by atoms with Gasteiger partial charge in [0.1, 0.15) is 11.9 Å². The molecule has 1 aromatic rings. The topological polar surface area (TPSA) is 45.1 Å². The van der Waals surface area contributed by atoms with Crippen molar-refractivity contribution in [2.45, 2.75) is 18.9 Å². The van der Waals surface area contributed by atoms with Crippen molar-refractivity contribution >= 4 is 22.8 Å². The van der Waals surface area contributed by atoms with Crippen LogP contribution in [0.1, 0.15) is 24.5 Å². The Labute approximate surface area is 150 Å². The number of benzene rings is 1. The van der Waals surface area contributed by atoms with Crippen molar-refractivity contribution in [2.75, 3.05) is 32.8 Å². The largest absolute Gasteiger partial charge is 0.370 e. The van der Waals surface area contributed by atoms with Gasteiger partial charge >= 0.3 is 0 Å². The van der Waals surface area contributed by atoms with Gasteiger partial charge in [-0.3, -0.25) is 9.79 Å². The minimum absolute atomic E-state index is 0.106. The second-order valence-corrected chi connectivity index (χ2v) is 7.16. The summed E-state index contributed by atoms with van der Waals surface area (Å²) in [6, 6.07) is 6.30. The molecule has 0 spiro atoms. The van der Waals surface area contributed by atoms with Crippen molar-refractivity contribution in [2.24, 2.45) is 4.99 Å². The van der Waals surface area contributed by atoms with Gasteiger partial charge in [0.2, 0.25) is 5.91 Å². The summed E-state index contributed by atoms with van der Waals surface area (Å²) in [6.45, 7) is 3.41. The molecule has 1 saturated heterocycles. The molecule has 3 heterocycles. The SMILES string of the molecule is O=C(CC1=CSC2=NCCCN12)N1CCO[C@H](c2ccc(F)cc2)C1. The Morgan fingerprint density at radius 1 is 1.32 bits per heavy atom. The fourth-order valence-corrected chi connectivity index (χ4v) is 4.25. The van der Waals surface area contributed by atoms with Crippen molar-refractivity contribution in [3.8, 4) is 0 Å². The van der Waals surface area contributed by atoms with Crippen LogP contribution in [-0.2, 0) is 9.53 Å². The molecule has 7 heteroatoms. The number of amidine groups is 1. The Kier molecular flexibility index (Phi) is 4.76. The van der Waals surface area contributed by atoms with Gasteiger partial charge in [-0.25, -0.2) is 4.39 Å². The van der Waals surface area contributed by atoms with Gasteiger partial charge in [-0.2, -0.15) is 0 Å². The minimum Gasteiger partial charge on any atom is -0.370 e. The van der Waals surface area contributed by atoms with E-state index in [0.717, 1.165) is 35.9 Å². The third-order valence-electron chi connectivity index (χ3n) is 4.66. The molecule has 5 nitrogen and oxygen atoms in total. The van der Waals surface area contributed by atoms with Gasteiger partial charge in [-0.15, -0.1) is 0 Å².